The van der Waals surface area contributed by atoms with Crippen LogP contribution in [0.1, 0.15) is 65.7 Å². The Bertz CT molecular complexity index is 213. The first-order valence-corrected chi connectivity index (χ1v) is 7.33. The van der Waals surface area contributed by atoms with Crippen molar-refractivity contribution in [2.24, 2.45) is 17.3 Å². The Balaban J connectivity index is 1.86. The van der Waals surface area contributed by atoms with Crippen molar-refractivity contribution in [2.45, 2.75) is 71.8 Å². The van der Waals surface area contributed by atoms with E-state index in [2.05, 4.69) is 26.1 Å². The van der Waals surface area contributed by atoms with Gasteiger partial charge in [0.15, 0.2) is 0 Å². The second kappa shape index (κ2) is 5.08. The van der Waals surface area contributed by atoms with E-state index in [1.165, 1.54) is 51.5 Å². The monoisotopic (exact) mass is 223 g/mol. The molecular formula is C15H29N. The van der Waals surface area contributed by atoms with Crippen LogP contribution in [0.2, 0.25) is 0 Å². The van der Waals surface area contributed by atoms with Gasteiger partial charge in [0.2, 0.25) is 0 Å². The van der Waals surface area contributed by atoms with E-state index in [0.717, 1.165) is 11.8 Å². The molecule has 0 amide bonds. The molecule has 16 heavy (non-hydrogen) atoms. The Morgan fingerprint density at radius 1 is 1.12 bits per heavy atom. The van der Waals surface area contributed by atoms with E-state index in [9.17, 15) is 0 Å². The van der Waals surface area contributed by atoms with E-state index < -0.39 is 0 Å². The van der Waals surface area contributed by atoms with Crippen molar-refractivity contribution in [2.75, 3.05) is 6.54 Å². The Labute approximate surface area is 101 Å². The van der Waals surface area contributed by atoms with E-state index in [4.69, 9.17) is 0 Å². The zero-order chi connectivity index (χ0) is 11.6. The van der Waals surface area contributed by atoms with Crippen molar-refractivity contribution in [3.05, 3.63) is 0 Å². The van der Waals surface area contributed by atoms with Crippen LogP contribution in [0.4, 0.5) is 0 Å². The van der Waals surface area contributed by atoms with Crippen LogP contribution in [0.3, 0.4) is 0 Å². The van der Waals surface area contributed by atoms with Gasteiger partial charge in [-0.3, -0.25) is 0 Å². The molecule has 2 saturated carbocycles. The molecule has 1 heteroatoms. The Morgan fingerprint density at radius 2 is 1.75 bits per heavy atom. The third kappa shape index (κ3) is 3.23. The van der Waals surface area contributed by atoms with E-state index in [1.54, 1.807) is 0 Å². The topological polar surface area (TPSA) is 12.0 Å². The predicted molar refractivity (Wildman–Crippen MR) is 70.5 cm³/mol. The molecule has 2 aliphatic carbocycles. The molecule has 1 nitrogen and oxygen atoms in total. The first kappa shape index (κ1) is 12.4. The molecule has 0 aromatic heterocycles. The minimum atomic E-state index is 0.597. The van der Waals surface area contributed by atoms with E-state index in [0.29, 0.717) is 11.5 Å². The van der Waals surface area contributed by atoms with Crippen molar-refractivity contribution in [1.82, 2.24) is 5.32 Å². The van der Waals surface area contributed by atoms with Crippen LogP contribution in [0.15, 0.2) is 0 Å². The molecule has 0 aromatic rings. The largest absolute Gasteiger partial charge is 0.314 e. The number of nitrogens with one attached hydrogen (secondary N) is 1. The number of rotatable bonds is 6. The van der Waals surface area contributed by atoms with E-state index >= 15 is 0 Å². The van der Waals surface area contributed by atoms with Gasteiger partial charge in [-0.25, -0.2) is 0 Å². The van der Waals surface area contributed by atoms with Gasteiger partial charge in [-0.15, -0.1) is 0 Å². The zero-order valence-corrected chi connectivity index (χ0v) is 11.4. The summed E-state index contributed by atoms with van der Waals surface area (Å²) >= 11 is 0. The molecule has 0 saturated heterocycles. The molecular weight excluding hydrogens is 194 g/mol. The molecule has 1 unspecified atom stereocenters. The highest BCUT2D eigenvalue weighted by atomic mass is 14.9. The maximum atomic E-state index is 3.68. The molecule has 1 N–H and O–H groups in total. The van der Waals surface area contributed by atoms with Crippen molar-refractivity contribution < 1.29 is 0 Å². The minimum Gasteiger partial charge on any atom is -0.314 e. The van der Waals surface area contributed by atoms with Gasteiger partial charge in [0.1, 0.15) is 0 Å². The third-order valence-electron chi connectivity index (χ3n) is 4.71. The first-order valence-electron chi connectivity index (χ1n) is 7.33. The van der Waals surface area contributed by atoms with Crippen molar-refractivity contribution in [3.8, 4) is 0 Å². The molecule has 0 spiro atoms. The molecule has 2 aliphatic rings. The van der Waals surface area contributed by atoms with Gasteiger partial charge in [0, 0.05) is 12.6 Å². The molecule has 0 heterocycles. The standard InChI is InChI=1S/C15H29N/c1-12(2)16-11-15(3,14-8-9-14)10-13-6-4-5-7-13/h12-14,16H,4-11H2,1-3H3. The summed E-state index contributed by atoms with van der Waals surface area (Å²) in [5.41, 5.74) is 0.597. The summed E-state index contributed by atoms with van der Waals surface area (Å²) in [5, 5.41) is 3.68. The highest BCUT2D eigenvalue weighted by Crippen LogP contribution is 2.50. The summed E-state index contributed by atoms with van der Waals surface area (Å²) < 4.78 is 0. The third-order valence-corrected chi connectivity index (χ3v) is 4.71. The fourth-order valence-electron chi connectivity index (χ4n) is 3.47. The SMILES string of the molecule is CC(C)NCC(C)(CC1CCCC1)C1CC1. The van der Waals surface area contributed by atoms with Gasteiger partial charge in [0.05, 0.1) is 0 Å². The maximum absolute atomic E-state index is 3.68. The Morgan fingerprint density at radius 3 is 2.25 bits per heavy atom. The van der Waals surface area contributed by atoms with Crippen molar-refractivity contribution in [1.29, 1.82) is 0 Å². The fraction of sp³-hybridized carbons (Fsp3) is 1.00. The van der Waals surface area contributed by atoms with Crippen LogP contribution in [-0.2, 0) is 0 Å². The lowest BCUT2D eigenvalue weighted by Crippen LogP contribution is -2.38. The smallest absolute Gasteiger partial charge is 0.00106 e. The summed E-state index contributed by atoms with van der Waals surface area (Å²) in [6, 6.07) is 0.640. The number of hydrogen-bond acceptors (Lipinski definition) is 1. The van der Waals surface area contributed by atoms with E-state index in [-0.39, 0.29) is 0 Å². The van der Waals surface area contributed by atoms with Gasteiger partial charge < -0.3 is 5.32 Å². The predicted octanol–water partition coefficient (Wildman–Crippen LogP) is 3.98. The summed E-state index contributed by atoms with van der Waals surface area (Å²) in [4.78, 5) is 0. The molecule has 0 aliphatic heterocycles. The quantitative estimate of drug-likeness (QED) is 0.718. The summed E-state index contributed by atoms with van der Waals surface area (Å²) in [6.07, 6.45) is 10.4. The van der Waals surface area contributed by atoms with E-state index in [1.807, 2.05) is 0 Å². The summed E-state index contributed by atoms with van der Waals surface area (Å²) in [5.74, 6) is 2.07. The fourth-order valence-corrected chi connectivity index (χ4v) is 3.47. The molecule has 1 atom stereocenters. The average Bonchev–Trinajstić information content (AvgIpc) is 2.98. The second-order valence-corrected chi connectivity index (χ2v) is 6.82. The Hall–Kier alpha value is -0.0400. The second-order valence-electron chi connectivity index (χ2n) is 6.82. The summed E-state index contributed by atoms with van der Waals surface area (Å²) in [7, 11) is 0. The van der Waals surface area contributed by atoms with Gasteiger partial charge >= 0.3 is 0 Å². The van der Waals surface area contributed by atoms with Crippen LogP contribution in [0.25, 0.3) is 0 Å². The van der Waals surface area contributed by atoms with Crippen LogP contribution in [-0.4, -0.2) is 12.6 Å². The highest BCUT2D eigenvalue weighted by molar-refractivity contribution is 4.94. The molecule has 2 fully saturated rings. The first-order chi connectivity index (χ1) is 7.60. The maximum Gasteiger partial charge on any atom is 0.00106 e. The number of hydrogen-bond donors (Lipinski definition) is 1. The molecule has 2 rings (SSSR count). The van der Waals surface area contributed by atoms with Crippen LogP contribution < -0.4 is 5.32 Å². The lowest BCUT2D eigenvalue weighted by atomic mass is 9.76. The lowest BCUT2D eigenvalue weighted by Gasteiger charge is -2.33. The van der Waals surface area contributed by atoms with Gasteiger partial charge in [0.25, 0.3) is 0 Å². The van der Waals surface area contributed by atoms with Crippen molar-refractivity contribution in [3.63, 3.8) is 0 Å². The molecule has 0 radical (unpaired) electrons. The minimum absolute atomic E-state index is 0.597. The van der Waals surface area contributed by atoms with Crippen LogP contribution in [0, 0.1) is 17.3 Å². The van der Waals surface area contributed by atoms with Gasteiger partial charge in [-0.2, -0.15) is 0 Å². The Kier molecular flexibility index (Phi) is 3.94. The lowest BCUT2D eigenvalue weighted by molar-refractivity contribution is 0.190. The molecule has 0 bridgehead atoms. The highest BCUT2D eigenvalue weighted by Gasteiger charge is 2.42. The molecule has 0 aromatic carbocycles. The van der Waals surface area contributed by atoms with Crippen LogP contribution in [0.5, 0.6) is 0 Å². The zero-order valence-electron chi connectivity index (χ0n) is 11.4. The average molecular weight is 223 g/mol. The van der Waals surface area contributed by atoms with Crippen molar-refractivity contribution >= 4 is 0 Å². The molecule has 94 valence electrons. The van der Waals surface area contributed by atoms with Gasteiger partial charge in [-0.1, -0.05) is 46.5 Å². The van der Waals surface area contributed by atoms with Crippen LogP contribution >= 0.6 is 0 Å². The normalized spacial score (nSPS) is 26.2. The summed E-state index contributed by atoms with van der Waals surface area (Å²) in [6.45, 7) is 8.32. The van der Waals surface area contributed by atoms with Gasteiger partial charge in [-0.05, 0) is 36.5 Å².